The van der Waals surface area contributed by atoms with Crippen molar-refractivity contribution in [3.05, 3.63) is 105 Å². The Morgan fingerprint density at radius 1 is 1.10 bits per heavy atom. The SMILES string of the molecule is CCCSc1nc2n(n1)C(c1ccc(OCc3ccc(Cl)cc3Cl)cc1)C(C(=O)Nc1ccccc1C)=C(C)N2. The van der Waals surface area contributed by atoms with Crippen LogP contribution in [-0.4, -0.2) is 26.4 Å². The molecule has 1 aliphatic heterocycles. The fourth-order valence-corrected chi connectivity index (χ4v) is 5.58. The van der Waals surface area contributed by atoms with Crippen molar-refractivity contribution in [2.75, 3.05) is 16.4 Å². The van der Waals surface area contributed by atoms with E-state index in [1.165, 1.54) is 0 Å². The largest absolute Gasteiger partial charge is 0.489 e. The number of fused-ring (bicyclic) bond motifs is 1. The maximum atomic E-state index is 13.8. The van der Waals surface area contributed by atoms with Crippen LogP contribution in [0.25, 0.3) is 0 Å². The quantitative estimate of drug-likeness (QED) is 0.192. The molecule has 0 saturated heterocycles. The molecule has 7 nitrogen and oxygen atoms in total. The Hall–Kier alpha value is -3.46. The normalized spacial score (nSPS) is 14.5. The predicted octanol–water partition coefficient (Wildman–Crippen LogP) is 7.90. The molecule has 2 heterocycles. The third-order valence-corrected chi connectivity index (χ3v) is 8.14. The van der Waals surface area contributed by atoms with Crippen LogP contribution in [0.5, 0.6) is 5.75 Å². The summed E-state index contributed by atoms with van der Waals surface area (Å²) >= 11 is 13.9. The van der Waals surface area contributed by atoms with Crippen LogP contribution in [0.3, 0.4) is 0 Å². The number of para-hydroxylation sites is 1. The van der Waals surface area contributed by atoms with Gasteiger partial charge in [0.15, 0.2) is 0 Å². The topological polar surface area (TPSA) is 81.1 Å². The highest BCUT2D eigenvalue weighted by Crippen LogP contribution is 2.37. The first-order valence-corrected chi connectivity index (χ1v) is 14.7. The van der Waals surface area contributed by atoms with Crippen molar-refractivity contribution in [1.82, 2.24) is 14.8 Å². The number of carbonyl (C=O) groups is 1. The summed E-state index contributed by atoms with van der Waals surface area (Å²) in [6, 6.07) is 20.2. The van der Waals surface area contributed by atoms with Crippen LogP contribution in [-0.2, 0) is 11.4 Å². The molecule has 10 heteroatoms. The average molecular weight is 595 g/mol. The van der Waals surface area contributed by atoms with E-state index in [0.29, 0.717) is 39.1 Å². The van der Waals surface area contributed by atoms with Crippen LogP contribution in [0.2, 0.25) is 10.0 Å². The smallest absolute Gasteiger partial charge is 0.255 e. The standard InChI is InChI=1S/C30H29Cl2N5O2S/c1-4-15-40-30-35-29-33-19(3)26(28(38)34-25-8-6-5-7-18(25)2)27(37(29)36-30)20-10-13-23(14-11-20)39-17-21-9-12-22(31)16-24(21)32/h5-14,16,27H,4,15,17H2,1-3H3,(H,34,38)(H,33,35,36). The summed E-state index contributed by atoms with van der Waals surface area (Å²) in [7, 11) is 0. The minimum Gasteiger partial charge on any atom is -0.489 e. The van der Waals surface area contributed by atoms with E-state index < -0.39 is 6.04 Å². The van der Waals surface area contributed by atoms with Crippen LogP contribution < -0.4 is 15.4 Å². The number of halogens is 2. The van der Waals surface area contributed by atoms with Crippen LogP contribution in [0, 0.1) is 6.92 Å². The number of thioether (sulfide) groups is 1. The molecule has 0 saturated carbocycles. The lowest BCUT2D eigenvalue weighted by molar-refractivity contribution is -0.113. The summed E-state index contributed by atoms with van der Waals surface area (Å²) in [5.41, 5.74) is 4.75. The Morgan fingerprint density at radius 2 is 1.88 bits per heavy atom. The molecular formula is C30H29Cl2N5O2S. The van der Waals surface area contributed by atoms with Gasteiger partial charge < -0.3 is 15.4 Å². The van der Waals surface area contributed by atoms with E-state index in [1.54, 1.807) is 28.6 Å². The van der Waals surface area contributed by atoms with Crippen molar-refractivity contribution in [1.29, 1.82) is 0 Å². The van der Waals surface area contributed by atoms with Gasteiger partial charge in [-0.05, 0) is 61.7 Å². The van der Waals surface area contributed by atoms with Crippen molar-refractivity contribution < 1.29 is 9.53 Å². The van der Waals surface area contributed by atoms with Crippen LogP contribution in [0.1, 0.15) is 43.0 Å². The molecule has 1 amide bonds. The molecule has 0 bridgehead atoms. The van der Waals surface area contributed by atoms with Crippen molar-refractivity contribution in [2.45, 2.75) is 45.0 Å². The van der Waals surface area contributed by atoms with Crippen molar-refractivity contribution >= 4 is 52.5 Å². The van der Waals surface area contributed by atoms with Crippen LogP contribution in [0.4, 0.5) is 11.6 Å². The first-order valence-electron chi connectivity index (χ1n) is 12.9. The number of nitrogens with zero attached hydrogens (tertiary/aromatic N) is 3. The minimum atomic E-state index is -0.483. The molecule has 40 heavy (non-hydrogen) atoms. The van der Waals surface area contributed by atoms with Gasteiger partial charge in [-0.3, -0.25) is 4.79 Å². The molecule has 0 fully saturated rings. The second kappa shape index (κ2) is 12.4. The second-order valence-electron chi connectivity index (χ2n) is 9.44. The molecule has 5 rings (SSSR count). The number of rotatable bonds is 9. The number of carbonyl (C=O) groups excluding carboxylic acids is 1. The second-order valence-corrected chi connectivity index (χ2v) is 11.3. The van der Waals surface area contributed by atoms with Gasteiger partial charge in [-0.2, -0.15) is 4.98 Å². The van der Waals surface area contributed by atoms with Gasteiger partial charge in [-0.25, -0.2) is 4.68 Å². The van der Waals surface area contributed by atoms with E-state index >= 15 is 0 Å². The molecular weight excluding hydrogens is 565 g/mol. The molecule has 2 N–H and O–H groups in total. The van der Waals surface area contributed by atoms with E-state index in [-0.39, 0.29) is 5.91 Å². The highest BCUT2D eigenvalue weighted by Gasteiger charge is 2.34. The highest BCUT2D eigenvalue weighted by atomic mass is 35.5. The number of benzene rings is 3. The number of ether oxygens (including phenoxy) is 1. The van der Waals surface area contributed by atoms with Crippen molar-refractivity contribution in [3.63, 3.8) is 0 Å². The molecule has 1 unspecified atom stereocenters. The predicted molar refractivity (Wildman–Crippen MR) is 163 cm³/mol. The number of nitrogens with one attached hydrogen (secondary N) is 2. The molecule has 0 spiro atoms. The highest BCUT2D eigenvalue weighted by molar-refractivity contribution is 7.99. The van der Waals surface area contributed by atoms with Gasteiger partial charge in [-0.15, -0.1) is 5.10 Å². The molecule has 0 radical (unpaired) electrons. The monoisotopic (exact) mass is 593 g/mol. The molecule has 0 aliphatic carbocycles. The molecule has 206 valence electrons. The Balaban J connectivity index is 1.45. The van der Waals surface area contributed by atoms with Gasteiger partial charge in [0, 0.05) is 32.7 Å². The summed E-state index contributed by atoms with van der Waals surface area (Å²) in [4.78, 5) is 18.5. The van der Waals surface area contributed by atoms with E-state index in [4.69, 9.17) is 38.0 Å². The number of aromatic nitrogens is 3. The first-order chi connectivity index (χ1) is 19.3. The Morgan fingerprint density at radius 3 is 2.60 bits per heavy atom. The van der Waals surface area contributed by atoms with E-state index in [0.717, 1.165) is 40.2 Å². The lowest BCUT2D eigenvalue weighted by Crippen LogP contribution is -2.31. The third kappa shape index (κ3) is 6.14. The lowest BCUT2D eigenvalue weighted by atomic mass is 9.95. The maximum absolute atomic E-state index is 13.8. The lowest BCUT2D eigenvalue weighted by Gasteiger charge is -2.29. The summed E-state index contributed by atoms with van der Waals surface area (Å²) in [6.07, 6.45) is 1.01. The minimum absolute atomic E-state index is 0.203. The van der Waals surface area contributed by atoms with Crippen LogP contribution in [0.15, 0.2) is 83.2 Å². The number of anilines is 2. The maximum Gasteiger partial charge on any atom is 0.255 e. The van der Waals surface area contributed by atoms with Gasteiger partial charge >= 0.3 is 0 Å². The first kappa shape index (κ1) is 28.1. The Bertz CT molecular complexity index is 1570. The molecule has 1 aliphatic rings. The molecule has 1 aromatic heterocycles. The zero-order chi connectivity index (χ0) is 28.2. The molecule has 3 aromatic carbocycles. The van der Waals surface area contributed by atoms with Gasteiger partial charge in [0.2, 0.25) is 11.1 Å². The summed E-state index contributed by atoms with van der Waals surface area (Å²) in [5, 5.41) is 13.0. The van der Waals surface area contributed by atoms with E-state index in [2.05, 4.69) is 17.6 Å². The number of allylic oxidation sites excluding steroid dienone is 1. The Labute approximate surface area is 247 Å². The van der Waals surface area contributed by atoms with Crippen LogP contribution >= 0.6 is 35.0 Å². The van der Waals surface area contributed by atoms with Crippen molar-refractivity contribution in [3.8, 4) is 5.75 Å². The van der Waals surface area contributed by atoms with Gasteiger partial charge in [0.05, 0.1) is 5.57 Å². The summed E-state index contributed by atoms with van der Waals surface area (Å²) in [5.74, 6) is 1.98. The van der Waals surface area contributed by atoms with E-state index in [1.807, 2.05) is 68.4 Å². The number of aryl methyl sites for hydroxylation is 1. The fourth-order valence-electron chi connectivity index (χ4n) is 4.44. The van der Waals surface area contributed by atoms with Gasteiger partial charge in [0.1, 0.15) is 18.4 Å². The van der Waals surface area contributed by atoms with Gasteiger partial charge in [0.25, 0.3) is 5.91 Å². The number of hydrogen-bond donors (Lipinski definition) is 2. The molecule has 1 atom stereocenters. The number of hydrogen-bond acceptors (Lipinski definition) is 6. The number of amides is 1. The summed E-state index contributed by atoms with van der Waals surface area (Å²) < 4.78 is 7.78. The van der Waals surface area contributed by atoms with Crippen molar-refractivity contribution in [2.24, 2.45) is 0 Å². The fraction of sp³-hybridized carbons (Fsp3) is 0.233. The van der Waals surface area contributed by atoms with E-state index in [9.17, 15) is 4.79 Å². The average Bonchev–Trinajstić information content (AvgIpc) is 3.34. The molecule has 4 aromatic rings. The van der Waals surface area contributed by atoms with Gasteiger partial charge in [-0.1, -0.05) is 78.3 Å². The zero-order valence-corrected chi connectivity index (χ0v) is 24.7. The summed E-state index contributed by atoms with van der Waals surface area (Å²) in [6.45, 7) is 6.28. The third-order valence-electron chi connectivity index (χ3n) is 6.51. The zero-order valence-electron chi connectivity index (χ0n) is 22.4. The Kier molecular flexibility index (Phi) is 8.69.